The second-order valence-electron chi connectivity index (χ2n) is 8.11. The second-order valence-corrected chi connectivity index (χ2v) is 9.08. The van der Waals surface area contributed by atoms with Crippen LogP contribution in [0.4, 0.5) is 0 Å². The number of rotatable bonds is 8. The minimum Gasteiger partial charge on any atom is -0.357 e. The van der Waals surface area contributed by atoms with Gasteiger partial charge in [0.2, 0.25) is 0 Å². The summed E-state index contributed by atoms with van der Waals surface area (Å²) in [4.78, 5) is 20.7. The molecule has 1 aliphatic heterocycles. The molecule has 2 aromatic rings. The van der Waals surface area contributed by atoms with Gasteiger partial charge in [-0.25, -0.2) is 4.99 Å². The van der Waals surface area contributed by atoms with E-state index in [0.29, 0.717) is 18.2 Å². The first kappa shape index (κ1) is 26.6. The third-order valence-corrected chi connectivity index (χ3v) is 6.75. The van der Waals surface area contributed by atoms with Gasteiger partial charge < -0.3 is 16.0 Å². The Morgan fingerprint density at radius 3 is 2.66 bits per heavy atom. The molecule has 32 heavy (non-hydrogen) atoms. The van der Waals surface area contributed by atoms with Crippen LogP contribution >= 0.6 is 35.3 Å². The lowest BCUT2D eigenvalue weighted by Gasteiger charge is -2.36. The van der Waals surface area contributed by atoms with Crippen molar-refractivity contribution in [2.45, 2.75) is 39.3 Å². The number of halogens is 1. The fourth-order valence-corrected chi connectivity index (χ4v) is 4.75. The zero-order valence-corrected chi connectivity index (χ0v) is 22.4. The number of hydrogen-bond donors (Lipinski definition) is 3. The number of amides is 1. The second kappa shape index (κ2) is 13.8. The topological polar surface area (TPSA) is 68.8 Å². The van der Waals surface area contributed by atoms with E-state index in [1.54, 1.807) is 7.05 Å². The van der Waals surface area contributed by atoms with E-state index in [1.165, 1.54) is 17.7 Å². The van der Waals surface area contributed by atoms with E-state index in [0.717, 1.165) is 43.6 Å². The summed E-state index contributed by atoms with van der Waals surface area (Å²) in [5, 5.41) is 11.7. The lowest BCUT2D eigenvalue weighted by atomic mass is 9.97. The zero-order valence-electron chi connectivity index (χ0n) is 19.3. The third-order valence-electron chi connectivity index (χ3n) is 5.77. The van der Waals surface area contributed by atoms with Crippen LogP contribution in [0.2, 0.25) is 0 Å². The predicted octanol–water partition coefficient (Wildman–Crippen LogP) is 4.25. The highest BCUT2D eigenvalue weighted by atomic mass is 127. The van der Waals surface area contributed by atoms with Crippen molar-refractivity contribution < 1.29 is 4.79 Å². The number of nitrogens with zero attached hydrogens (tertiary/aromatic N) is 2. The van der Waals surface area contributed by atoms with E-state index in [4.69, 9.17) is 4.99 Å². The Morgan fingerprint density at radius 2 is 2.00 bits per heavy atom. The minimum atomic E-state index is -0.0782. The molecule has 1 aromatic carbocycles. The summed E-state index contributed by atoms with van der Waals surface area (Å²) in [7, 11) is 1.65. The first-order valence-electron chi connectivity index (χ1n) is 11.2. The van der Waals surface area contributed by atoms with Crippen LogP contribution < -0.4 is 16.0 Å². The average Bonchev–Trinajstić information content (AvgIpc) is 3.33. The van der Waals surface area contributed by atoms with Crippen LogP contribution in [0, 0.1) is 5.92 Å². The number of aliphatic imine (C=N–C) groups is 1. The van der Waals surface area contributed by atoms with Crippen molar-refractivity contribution in [2.24, 2.45) is 10.9 Å². The molecule has 3 rings (SSSR count). The molecule has 6 nitrogen and oxygen atoms in total. The van der Waals surface area contributed by atoms with E-state index in [9.17, 15) is 4.79 Å². The first-order valence-corrected chi connectivity index (χ1v) is 12.1. The van der Waals surface area contributed by atoms with Crippen molar-refractivity contribution >= 4 is 47.2 Å². The molecule has 3 N–H and O–H groups in total. The Labute approximate surface area is 213 Å². The highest BCUT2D eigenvalue weighted by molar-refractivity contribution is 14.0. The molecular weight excluding hydrogens is 533 g/mol. The maximum Gasteiger partial charge on any atom is 0.251 e. The molecule has 0 aliphatic carbocycles. The van der Waals surface area contributed by atoms with Gasteiger partial charge in [0, 0.05) is 30.6 Å². The summed E-state index contributed by atoms with van der Waals surface area (Å²) in [5.74, 6) is 1.54. The maximum absolute atomic E-state index is 11.9. The van der Waals surface area contributed by atoms with Crippen molar-refractivity contribution in [1.82, 2.24) is 20.9 Å². The smallest absolute Gasteiger partial charge is 0.251 e. The van der Waals surface area contributed by atoms with E-state index >= 15 is 0 Å². The molecule has 0 saturated carbocycles. The van der Waals surface area contributed by atoms with E-state index < -0.39 is 0 Å². The van der Waals surface area contributed by atoms with Gasteiger partial charge in [0.05, 0.1) is 12.6 Å². The molecule has 8 heteroatoms. The van der Waals surface area contributed by atoms with Crippen LogP contribution in [-0.4, -0.2) is 50.0 Å². The molecule has 0 radical (unpaired) electrons. The largest absolute Gasteiger partial charge is 0.357 e. The molecule has 0 bridgehead atoms. The quantitative estimate of drug-likeness (QED) is 0.253. The van der Waals surface area contributed by atoms with Gasteiger partial charge in [-0.1, -0.05) is 25.1 Å². The molecule has 176 valence electrons. The van der Waals surface area contributed by atoms with E-state index in [1.807, 2.05) is 35.6 Å². The normalized spacial score (nSPS) is 16.2. The SMILES string of the molecule is CCNC(=NCc1cccc(C(=O)NC)c1)NCC(c1cccs1)N1CCC(C)CC1.I. The van der Waals surface area contributed by atoms with E-state index in [-0.39, 0.29) is 29.9 Å². The molecule has 2 heterocycles. The number of hydrogen-bond acceptors (Lipinski definition) is 4. The van der Waals surface area contributed by atoms with Gasteiger partial charge in [0.15, 0.2) is 5.96 Å². The minimum absolute atomic E-state index is 0. The molecule has 0 spiro atoms. The van der Waals surface area contributed by atoms with E-state index in [2.05, 4.69) is 52.2 Å². The fourth-order valence-electron chi connectivity index (χ4n) is 3.89. The fraction of sp³-hybridized carbons (Fsp3) is 0.500. The lowest BCUT2D eigenvalue weighted by Crippen LogP contribution is -2.45. The van der Waals surface area contributed by atoms with Crippen LogP contribution in [-0.2, 0) is 6.54 Å². The predicted molar refractivity (Wildman–Crippen MR) is 145 cm³/mol. The number of carbonyl (C=O) groups excluding carboxylic acids is 1. The van der Waals surface area contributed by atoms with Gasteiger partial charge in [0.1, 0.15) is 0 Å². The van der Waals surface area contributed by atoms with Gasteiger partial charge in [0.25, 0.3) is 5.91 Å². The van der Waals surface area contributed by atoms with Crippen molar-refractivity contribution in [3.8, 4) is 0 Å². The van der Waals surface area contributed by atoms with Gasteiger partial charge in [-0.3, -0.25) is 9.69 Å². The van der Waals surface area contributed by atoms with Crippen molar-refractivity contribution in [1.29, 1.82) is 0 Å². The van der Waals surface area contributed by atoms with Crippen molar-refractivity contribution in [2.75, 3.05) is 33.2 Å². The Bertz CT molecular complexity index is 850. The molecular formula is C24H36IN5OS. The Balaban J connectivity index is 0.00000363. The molecule has 1 unspecified atom stereocenters. The summed E-state index contributed by atoms with van der Waals surface area (Å²) in [5.41, 5.74) is 1.67. The Kier molecular flexibility index (Phi) is 11.5. The average molecular weight is 570 g/mol. The monoisotopic (exact) mass is 569 g/mol. The van der Waals surface area contributed by atoms with Crippen LogP contribution in [0.15, 0.2) is 46.8 Å². The summed E-state index contributed by atoms with van der Waals surface area (Å²) in [6, 6.07) is 12.4. The summed E-state index contributed by atoms with van der Waals surface area (Å²) in [6.07, 6.45) is 2.52. The molecule has 1 aliphatic rings. The maximum atomic E-state index is 11.9. The Hall–Kier alpha value is -1.65. The standard InChI is InChI=1S/C24H35N5OS.HI/c1-4-26-24(27-16-19-7-5-8-20(15-19)23(30)25-3)28-17-21(22-9-6-14-31-22)29-12-10-18(2)11-13-29;/h5-9,14-15,18,21H,4,10-13,16-17H2,1-3H3,(H,25,30)(H2,26,27,28);1H. The van der Waals surface area contributed by atoms with Gasteiger partial charge in [-0.2, -0.15) is 0 Å². The molecule has 1 aromatic heterocycles. The number of benzene rings is 1. The van der Waals surface area contributed by atoms with Crippen LogP contribution in [0.25, 0.3) is 0 Å². The number of carbonyl (C=O) groups is 1. The highest BCUT2D eigenvalue weighted by Crippen LogP contribution is 2.29. The van der Waals surface area contributed by atoms with Crippen LogP contribution in [0.1, 0.15) is 53.5 Å². The number of thiophene rings is 1. The molecule has 1 atom stereocenters. The van der Waals surface area contributed by atoms with Crippen LogP contribution in [0.3, 0.4) is 0 Å². The number of likely N-dealkylation sites (tertiary alicyclic amines) is 1. The molecule has 1 fully saturated rings. The molecule has 1 amide bonds. The zero-order chi connectivity index (χ0) is 22.1. The summed E-state index contributed by atoms with van der Waals surface area (Å²) >= 11 is 1.83. The lowest BCUT2D eigenvalue weighted by molar-refractivity contribution is 0.0963. The van der Waals surface area contributed by atoms with Crippen LogP contribution in [0.5, 0.6) is 0 Å². The third kappa shape index (κ3) is 7.74. The summed E-state index contributed by atoms with van der Waals surface area (Å²) in [6.45, 7) is 8.85. The molecule has 1 saturated heterocycles. The van der Waals surface area contributed by atoms with Crippen molar-refractivity contribution in [3.05, 3.63) is 57.8 Å². The first-order chi connectivity index (χ1) is 15.1. The van der Waals surface area contributed by atoms with Gasteiger partial charge >= 0.3 is 0 Å². The van der Waals surface area contributed by atoms with Gasteiger partial charge in [-0.05, 0) is 67.9 Å². The van der Waals surface area contributed by atoms with Crippen molar-refractivity contribution in [3.63, 3.8) is 0 Å². The number of nitrogens with one attached hydrogen (secondary N) is 3. The Morgan fingerprint density at radius 1 is 1.22 bits per heavy atom. The van der Waals surface area contributed by atoms with Gasteiger partial charge in [-0.15, -0.1) is 35.3 Å². The number of guanidine groups is 1. The summed E-state index contributed by atoms with van der Waals surface area (Å²) < 4.78 is 0. The number of piperidine rings is 1. The highest BCUT2D eigenvalue weighted by Gasteiger charge is 2.25.